The van der Waals surface area contributed by atoms with Gasteiger partial charge in [0, 0.05) is 12.2 Å². The monoisotopic (exact) mass is 629 g/mol. The number of carbonyl (C=O) groups is 5. The SMILES string of the molecule is COC(=O)C1N(C(=O)Nc2ccccc2)C(=O)[C@@]1(C)CCCN=C(NC(=O)OCc1ccccc1)NC(=O)OCc1ccccc1. The van der Waals surface area contributed by atoms with Gasteiger partial charge < -0.3 is 19.5 Å². The molecule has 0 bridgehead atoms. The van der Waals surface area contributed by atoms with Crippen LogP contribution in [0.4, 0.5) is 20.1 Å². The molecule has 0 spiro atoms. The molecule has 1 aliphatic rings. The Hall–Kier alpha value is -5.72. The summed E-state index contributed by atoms with van der Waals surface area (Å²) in [5.74, 6) is -1.51. The smallest absolute Gasteiger partial charge is 0.414 e. The highest BCUT2D eigenvalue weighted by Crippen LogP contribution is 2.44. The maximum absolute atomic E-state index is 13.2. The molecule has 1 unspecified atom stereocenters. The Balaban J connectivity index is 1.38. The summed E-state index contributed by atoms with van der Waals surface area (Å²) < 4.78 is 15.4. The number of β-lactam (4-membered cyclic amide) rings is 1. The number of urea groups is 1. The molecule has 46 heavy (non-hydrogen) atoms. The number of imide groups is 1. The summed E-state index contributed by atoms with van der Waals surface area (Å²) in [6.07, 6.45) is -1.33. The third-order valence-corrected chi connectivity index (χ3v) is 7.23. The van der Waals surface area contributed by atoms with Gasteiger partial charge >= 0.3 is 24.2 Å². The predicted octanol–water partition coefficient (Wildman–Crippen LogP) is 4.60. The number of benzene rings is 3. The molecule has 0 aliphatic carbocycles. The molecule has 240 valence electrons. The number of para-hydroxylation sites is 1. The van der Waals surface area contributed by atoms with Crippen molar-refractivity contribution < 1.29 is 38.2 Å². The maximum atomic E-state index is 13.2. The van der Waals surface area contributed by atoms with Gasteiger partial charge in [-0.05, 0) is 43.0 Å². The summed E-state index contributed by atoms with van der Waals surface area (Å²) in [4.78, 5) is 69.0. The van der Waals surface area contributed by atoms with Crippen LogP contribution in [-0.2, 0) is 37.0 Å². The first-order valence-corrected chi connectivity index (χ1v) is 14.5. The number of likely N-dealkylation sites (tertiary alicyclic amines) is 1. The van der Waals surface area contributed by atoms with Gasteiger partial charge in [-0.1, -0.05) is 78.9 Å². The molecule has 13 nitrogen and oxygen atoms in total. The zero-order valence-electron chi connectivity index (χ0n) is 25.4. The number of hydrogen-bond donors (Lipinski definition) is 3. The van der Waals surface area contributed by atoms with E-state index in [9.17, 15) is 24.0 Å². The molecule has 4 rings (SSSR count). The Kier molecular flexibility index (Phi) is 11.4. The first-order chi connectivity index (χ1) is 22.2. The number of amides is 5. The second kappa shape index (κ2) is 15.8. The standard InChI is InChI=1S/C33H35N5O8/c1-33(26(27(39)44-2)38(28(33)40)30(41)35-25-17-10-5-11-18-25)19-12-20-34-29(36-31(42)45-21-23-13-6-3-7-14-23)37-32(43)46-22-24-15-8-4-9-16-24/h3-11,13-18,26H,12,19-22H2,1-2H3,(H,35,41)(H2,34,36,37,42,43)/t26?,33-/m0/s1. The number of hydrogen-bond acceptors (Lipinski definition) is 9. The van der Waals surface area contributed by atoms with Crippen LogP contribution in [0.15, 0.2) is 96.0 Å². The fraction of sp³-hybridized carbons (Fsp3) is 0.273. The third-order valence-electron chi connectivity index (χ3n) is 7.23. The van der Waals surface area contributed by atoms with Gasteiger partial charge in [0.25, 0.3) is 0 Å². The number of nitrogens with zero attached hydrogens (tertiary/aromatic N) is 2. The van der Waals surface area contributed by atoms with Gasteiger partial charge in [0.05, 0.1) is 12.5 Å². The lowest BCUT2D eigenvalue weighted by molar-refractivity contribution is -0.178. The Bertz CT molecular complexity index is 1490. The van der Waals surface area contributed by atoms with E-state index >= 15 is 0 Å². The van der Waals surface area contributed by atoms with E-state index < -0.39 is 41.6 Å². The number of nitrogens with one attached hydrogen (secondary N) is 3. The van der Waals surface area contributed by atoms with Gasteiger partial charge in [-0.15, -0.1) is 0 Å². The minimum atomic E-state index is -1.25. The fourth-order valence-corrected chi connectivity index (χ4v) is 4.82. The molecule has 3 aromatic rings. The number of ether oxygens (including phenoxy) is 3. The molecule has 0 aromatic heterocycles. The third kappa shape index (κ3) is 8.68. The van der Waals surface area contributed by atoms with Crippen LogP contribution in [0, 0.1) is 5.41 Å². The van der Waals surface area contributed by atoms with Crippen molar-refractivity contribution in [3.63, 3.8) is 0 Å². The van der Waals surface area contributed by atoms with Crippen molar-refractivity contribution in [3.05, 3.63) is 102 Å². The number of alkyl carbamates (subject to hydrolysis) is 2. The molecule has 3 aromatic carbocycles. The first kappa shape index (κ1) is 33.2. The second-order valence-electron chi connectivity index (χ2n) is 10.5. The predicted molar refractivity (Wildman–Crippen MR) is 167 cm³/mol. The lowest BCUT2D eigenvalue weighted by atomic mass is 9.69. The van der Waals surface area contributed by atoms with Crippen LogP contribution in [0.2, 0.25) is 0 Å². The number of carbonyl (C=O) groups excluding carboxylic acids is 5. The van der Waals surface area contributed by atoms with Crippen molar-refractivity contribution in [2.24, 2.45) is 10.4 Å². The Morgan fingerprint density at radius 3 is 1.80 bits per heavy atom. The van der Waals surface area contributed by atoms with Crippen LogP contribution in [0.25, 0.3) is 0 Å². The number of anilines is 1. The summed E-state index contributed by atoms with van der Waals surface area (Å²) in [6.45, 7) is 1.58. The van der Waals surface area contributed by atoms with Crippen molar-refractivity contribution >= 4 is 41.7 Å². The van der Waals surface area contributed by atoms with Gasteiger partial charge in [-0.2, -0.15) is 0 Å². The van der Waals surface area contributed by atoms with Crippen molar-refractivity contribution in [2.75, 3.05) is 19.0 Å². The minimum Gasteiger partial charge on any atom is -0.467 e. The number of aliphatic imine (C=N–C) groups is 1. The molecule has 5 amide bonds. The molecule has 13 heteroatoms. The van der Waals surface area contributed by atoms with Crippen LogP contribution in [0.5, 0.6) is 0 Å². The molecular weight excluding hydrogens is 594 g/mol. The van der Waals surface area contributed by atoms with E-state index in [4.69, 9.17) is 14.2 Å². The van der Waals surface area contributed by atoms with Gasteiger partial charge in [-0.25, -0.2) is 24.1 Å². The molecule has 0 radical (unpaired) electrons. The summed E-state index contributed by atoms with van der Waals surface area (Å²) in [6, 6.07) is 24.7. The first-order valence-electron chi connectivity index (χ1n) is 14.5. The number of methoxy groups -OCH3 is 1. The van der Waals surface area contributed by atoms with Crippen molar-refractivity contribution in [3.8, 4) is 0 Å². The number of rotatable bonds is 10. The van der Waals surface area contributed by atoms with E-state index in [1.165, 1.54) is 7.11 Å². The topological polar surface area (TPSA) is 165 Å². The lowest BCUT2D eigenvalue weighted by Crippen LogP contribution is -2.73. The molecular formula is C33H35N5O8. The van der Waals surface area contributed by atoms with Crippen LogP contribution in [0.1, 0.15) is 30.9 Å². The van der Waals surface area contributed by atoms with Crippen LogP contribution in [-0.4, -0.2) is 60.6 Å². The average Bonchev–Trinajstić information content (AvgIpc) is 3.07. The van der Waals surface area contributed by atoms with Crippen molar-refractivity contribution in [1.82, 2.24) is 15.5 Å². The van der Waals surface area contributed by atoms with Crippen molar-refractivity contribution in [2.45, 2.75) is 39.0 Å². The van der Waals surface area contributed by atoms with E-state index in [1.54, 1.807) is 85.8 Å². The zero-order valence-corrected chi connectivity index (χ0v) is 25.4. The summed E-state index contributed by atoms with van der Waals surface area (Å²) in [5, 5.41) is 7.43. The van der Waals surface area contributed by atoms with Gasteiger partial charge in [0.15, 0.2) is 6.04 Å². The lowest BCUT2D eigenvalue weighted by Gasteiger charge is -2.51. The molecule has 1 saturated heterocycles. The summed E-state index contributed by atoms with van der Waals surface area (Å²) >= 11 is 0. The molecule has 3 N–H and O–H groups in total. The van der Waals surface area contributed by atoms with E-state index in [2.05, 4.69) is 20.9 Å². The van der Waals surface area contributed by atoms with E-state index in [1.807, 2.05) is 12.1 Å². The van der Waals surface area contributed by atoms with E-state index in [-0.39, 0.29) is 38.6 Å². The highest BCUT2D eigenvalue weighted by atomic mass is 16.6. The Morgan fingerprint density at radius 1 is 0.804 bits per heavy atom. The average molecular weight is 630 g/mol. The molecule has 0 saturated carbocycles. The molecule has 2 atom stereocenters. The van der Waals surface area contributed by atoms with E-state index in [0.29, 0.717) is 5.69 Å². The molecule has 1 aliphatic heterocycles. The van der Waals surface area contributed by atoms with Crippen molar-refractivity contribution in [1.29, 1.82) is 0 Å². The highest BCUT2D eigenvalue weighted by molar-refractivity contribution is 6.13. The minimum absolute atomic E-state index is 0.0118. The highest BCUT2D eigenvalue weighted by Gasteiger charge is 2.63. The van der Waals surface area contributed by atoms with Gasteiger partial charge in [0.2, 0.25) is 11.9 Å². The van der Waals surface area contributed by atoms with Crippen LogP contribution in [0.3, 0.4) is 0 Å². The number of guanidine groups is 1. The summed E-state index contributed by atoms with van der Waals surface area (Å²) in [5.41, 5.74) is 0.734. The van der Waals surface area contributed by atoms with E-state index in [0.717, 1.165) is 16.0 Å². The quantitative estimate of drug-likeness (QED) is 0.0731. The maximum Gasteiger partial charge on any atom is 0.414 e. The second-order valence-corrected chi connectivity index (χ2v) is 10.5. The number of esters is 1. The zero-order chi connectivity index (χ0) is 32.9. The summed E-state index contributed by atoms with van der Waals surface area (Å²) in [7, 11) is 1.18. The normalized spacial score (nSPS) is 16.7. The molecule has 1 fully saturated rings. The fourth-order valence-electron chi connectivity index (χ4n) is 4.82. The Labute approximate surface area is 265 Å². The van der Waals surface area contributed by atoms with Crippen LogP contribution >= 0.6 is 0 Å². The molecule has 1 heterocycles. The largest absolute Gasteiger partial charge is 0.467 e. The van der Waals surface area contributed by atoms with Crippen LogP contribution < -0.4 is 16.0 Å². The Morgan fingerprint density at radius 2 is 1.30 bits per heavy atom. The van der Waals surface area contributed by atoms with Gasteiger partial charge in [-0.3, -0.25) is 20.4 Å². The van der Waals surface area contributed by atoms with Gasteiger partial charge in [0.1, 0.15) is 13.2 Å².